The topological polar surface area (TPSA) is 119 Å². The molecule has 2 heterocycles. The maximum atomic E-state index is 12.9. The van der Waals surface area contributed by atoms with Crippen LogP contribution in [-0.2, 0) is 15.1 Å². The number of methoxy groups -OCH3 is 1. The average Bonchev–Trinajstić information content (AvgIpc) is 3.00. The Morgan fingerprint density at radius 2 is 2.20 bits per heavy atom. The van der Waals surface area contributed by atoms with Crippen LogP contribution in [0.25, 0.3) is 0 Å². The van der Waals surface area contributed by atoms with Gasteiger partial charge in [-0.05, 0) is 25.5 Å². The molecule has 0 saturated carbocycles. The number of nitrogens with two attached hydrogens (primary N) is 1. The third-order valence-corrected chi connectivity index (χ3v) is 5.11. The fraction of sp³-hybridized carbons (Fsp3) is 0.375. The Hall–Kier alpha value is -2.68. The van der Waals surface area contributed by atoms with Crippen molar-refractivity contribution in [2.75, 3.05) is 18.2 Å². The number of nitrogens with zero attached hydrogens (tertiary/aromatic N) is 2. The van der Waals surface area contributed by atoms with Gasteiger partial charge in [-0.25, -0.2) is 0 Å². The second-order valence-electron chi connectivity index (χ2n) is 6.29. The van der Waals surface area contributed by atoms with Crippen LogP contribution in [0.3, 0.4) is 0 Å². The van der Waals surface area contributed by atoms with E-state index in [0.29, 0.717) is 21.6 Å². The number of hydrogen-bond acceptors (Lipinski definition) is 7. The van der Waals surface area contributed by atoms with E-state index in [1.807, 2.05) is 19.9 Å². The number of amides is 2. The molecule has 8 nitrogen and oxygen atoms in total. The van der Waals surface area contributed by atoms with Gasteiger partial charge in [0.2, 0.25) is 16.9 Å². The maximum Gasteiger partial charge on any atom is 0.228 e. The van der Waals surface area contributed by atoms with Crippen LogP contribution in [0.15, 0.2) is 18.2 Å². The van der Waals surface area contributed by atoms with Crippen LogP contribution in [0.1, 0.15) is 36.8 Å². The number of fused-ring (bicyclic) bond motifs is 1. The molecule has 1 aliphatic rings. The number of para-hydroxylation sites is 1. The Kier molecular flexibility index (Phi) is 4.34. The summed E-state index contributed by atoms with van der Waals surface area (Å²) in [7, 11) is 1.52. The minimum absolute atomic E-state index is 0.0698. The molecule has 0 aliphatic carbocycles. The first-order valence-corrected chi connectivity index (χ1v) is 8.51. The van der Waals surface area contributed by atoms with Crippen molar-refractivity contribution in [1.82, 2.24) is 15.5 Å². The zero-order valence-electron chi connectivity index (χ0n) is 14.1. The largest absolute Gasteiger partial charge is 0.495 e. The van der Waals surface area contributed by atoms with Crippen molar-refractivity contribution >= 4 is 34.0 Å². The molecule has 25 heavy (non-hydrogen) atoms. The molecule has 2 amide bonds. The number of carbonyl (C=O) groups excluding carboxylic acids is 2. The lowest BCUT2D eigenvalue weighted by molar-refractivity contribution is -0.127. The van der Waals surface area contributed by atoms with Crippen LogP contribution < -0.4 is 21.1 Å². The van der Waals surface area contributed by atoms with E-state index in [0.717, 1.165) is 5.56 Å². The standard InChI is InChI=1S/C16H19N5O3S/c1-16(2,14-20-21-15(17)25-14)19-13(23)9-7-11(22)18-12-8(9)5-4-6-10(12)24-3/h4-6,9H,7H2,1-3H3,(H2,17,21)(H,18,22)(H,19,23). The van der Waals surface area contributed by atoms with Crippen molar-refractivity contribution in [3.05, 3.63) is 28.8 Å². The number of ether oxygens (including phenoxy) is 1. The quantitative estimate of drug-likeness (QED) is 0.761. The zero-order chi connectivity index (χ0) is 18.2. The third-order valence-electron chi connectivity index (χ3n) is 4.04. The van der Waals surface area contributed by atoms with E-state index in [4.69, 9.17) is 10.5 Å². The predicted octanol–water partition coefficient (Wildman–Crippen LogP) is 1.61. The summed E-state index contributed by atoms with van der Waals surface area (Å²) in [5, 5.41) is 14.5. The van der Waals surface area contributed by atoms with E-state index in [2.05, 4.69) is 20.8 Å². The van der Waals surface area contributed by atoms with Gasteiger partial charge in [-0.3, -0.25) is 9.59 Å². The first-order valence-electron chi connectivity index (χ1n) is 7.70. The predicted molar refractivity (Wildman–Crippen MR) is 94.5 cm³/mol. The number of rotatable bonds is 4. The molecular weight excluding hydrogens is 342 g/mol. The number of nitrogens with one attached hydrogen (secondary N) is 2. The normalized spacial score (nSPS) is 16.8. The van der Waals surface area contributed by atoms with Crippen LogP contribution in [0.5, 0.6) is 5.75 Å². The second-order valence-corrected chi connectivity index (χ2v) is 7.30. The van der Waals surface area contributed by atoms with Gasteiger partial charge in [0, 0.05) is 6.42 Å². The van der Waals surface area contributed by atoms with Gasteiger partial charge in [0.05, 0.1) is 24.3 Å². The molecule has 2 aromatic rings. The van der Waals surface area contributed by atoms with E-state index in [9.17, 15) is 9.59 Å². The summed E-state index contributed by atoms with van der Waals surface area (Å²) in [5.74, 6) is -0.568. The van der Waals surface area contributed by atoms with Crippen molar-refractivity contribution in [3.63, 3.8) is 0 Å². The van der Waals surface area contributed by atoms with Crippen LogP contribution in [0, 0.1) is 0 Å². The summed E-state index contributed by atoms with van der Waals surface area (Å²) in [6.45, 7) is 3.64. The van der Waals surface area contributed by atoms with E-state index in [-0.39, 0.29) is 18.2 Å². The van der Waals surface area contributed by atoms with Gasteiger partial charge in [-0.2, -0.15) is 0 Å². The van der Waals surface area contributed by atoms with E-state index < -0.39 is 11.5 Å². The van der Waals surface area contributed by atoms with Gasteiger partial charge in [0.15, 0.2) is 0 Å². The summed E-state index contributed by atoms with van der Waals surface area (Å²) in [4.78, 5) is 25.0. The number of anilines is 2. The van der Waals surface area contributed by atoms with Gasteiger partial charge >= 0.3 is 0 Å². The molecule has 4 N–H and O–H groups in total. The average molecular weight is 361 g/mol. The van der Waals surface area contributed by atoms with E-state index in [1.165, 1.54) is 18.4 Å². The number of hydrogen-bond donors (Lipinski definition) is 3. The molecule has 0 fully saturated rings. The first-order chi connectivity index (χ1) is 11.8. The summed E-state index contributed by atoms with van der Waals surface area (Å²) < 4.78 is 5.29. The Morgan fingerprint density at radius 3 is 2.84 bits per heavy atom. The highest BCUT2D eigenvalue weighted by Gasteiger charge is 2.36. The molecule has 1 aromatic heterocycles. The number of nitrogen functional groups attached to an aromatic ring is 1. The highest BCUT2D eigenvalue weighted by molar-refractivity contribution is 7.15. The Balaban J connectivity index is 1.89. The minimum Gasteiger partial charge on any atom is -0.495 e. The molecule has 9 heteroatoms. The van der Waals surface area contributed by atoms with Crippen LogP contribution in [0.4, 0.5) is 10.8 Å². The Morgan fingerprint density at radius 1 is 1.44 bits per heavy atom. The second kappa shape index (κ2) is 6.32. The lowest BCUT2D eigenvalue weighted by Crippen LogP contribution is -2.45. The zero-order valence-corrected chi connectivity index (χ0v) is 14.9. The van der Waals surface area contributed by atoms with E-state index in [1.54, 1.807) is 12.1 Å². The molecule has 0 bridgehead atoms. The smallest absolute Gasteiger partial charge is 0.228 e. The van der Waals surface area contributed by atoms with Crippen LogP contribution in [-0.4, -0.2) is 29.1 Å². The Labute approximate surface area is 148 Å². The Bertz CT molecular complexity index is 833. The van der Waals surface area contributed by atoms with Crippen molar-refractivity contribution in [3.8, 4) is 5.75 Å². The molecule has 1 unspecified atom stereocenters. The lowest BCUT2D eigenvalue weighted by Gasteiger charge is -2.30. The molecule has 3 rings (SSSR count). The van der Waals surface area contributed by atoms with Crippen LogP contribution >= 0.6 is 11.3 Å². The van der Waals surface area contributed by atoms with E-state index >= 15 is 0 Å². The number of benzene rings is 1. The molecule has 0 radical (unpaired) electrons. The summed E-state index contributed by atoms with van der Waals surface area (Å²) in [5.41, 5.74) is 6.14. The molecule has 132 valence electrons. The van der Waals surface area contributed by atoms with Crippen molar-refractivity contribution in [1.29, 1.82) is 0 Å². The van der Waals surface area contributed by atoms with Crippen LogP contribution in [0.2, 0.25) is 0 Å². The fourth-order valence-electron chi connectivity index (χ4n) is 2.80. The highest BCUT2D eigenvalue weighted by atomic mass is 32.1. The summed E-state index contributed by atoms with van der Waals surface area (Å²) in [6, 6.07) is 5.36. The summed E-state index contributed by atoms with van der Waals surface area (Å²) >= 11 is 1.22. The van der Waals surface area contributed by atoms with Gasteiger partial charge in [0.25, 0.3) is 0 Å². The molecule has 0 saturated heterocycles. The molecular formula is C16H19N5O3S. The maximum absolute atomic E-state index is 12.9. The minimum atomic E-state index is -0.751. The number of aromatic nitrogens is 2. The monoisotopic (exact) mass is 361 g/mol. The lowest BCUT2D eigenvalue weighted by atomic mass is 9.88. The van der Waals surface area contributed by atoms with Gasteiger partial charge < -0.3 is 21.1 Å². The summed E-state index contributed by atoms with van der Waals surface area (Å²) in [6.07, 6.45) is 0.0698. The first kappa shape index (κ1) is 17.2. The SMILES string of the molecule is COc1cccc2c1NC(=O)CC2C(=O)NC(C)(C)c1nnc(N)s1. The van der Waals surface area contributed by atoms with Crippen molar-refractivity contribution in [2.24, 2.45) is 0 Å². The fourth-order valence-corrected chi connectivity index (χ4v) is 3.47. The van der Waals surface area contributed by atoms with Gasteiger partial charge in [-0.15, -0.1) is 10.2 Å². The molecule has 1 aliphatic heterocycles. The molecule has 0 spiro atoms. The molecule has 1 atom stereocenters. The van der Waals surface area contributed by atoms with Crippen molar-refractivity contribution < 1.29 is 14.3 Å². The highest BCUT2D eigenvalue weighted by Crippen LogP contribution is 2.39. The third kappa shape index (κ3) is 3.27. The van der Waals surface area contributed by atoms with Gasteiger partial charge in [0.1, 0.15) is 10.8 Å². The van der Waals surface area contributed by atoms with Gasteiger partial charge in [-0.1, -0.05) is 23.5 Å². The molecule has 1 aromatic carbocycles. The van der Waals surface area contributed by atoms with Crippen molar-refractivity contribution in [2.45, 2.75) is 31.7 Å². The number of carbonyl (C=O) groups is 2.